The molecule has 0 radical (unpaired) electrons. The molecule has 0 aliphatic carbocycles. The minimum atomic E-state index is -4.07. The number of aliphatic hydroxyl groups is 1. The van der Waals surface area contributed by atoms with Crippen LogP contribution in [-0.2, 0) is 81.9 Å². The van der Waals surface area contributed by atoms with Crippen molar-refractivity contribution in [3.05, 3.63) is 109 Å². The summed E-state index contributed by atoms with van der Waals surface area (Å²) in [5, 5.41) is 14.9. The molecule has 3 N–H and O–H groups in total. The second-order valence-corrected chi connectivity index (χ2v) is 19.5. The first-order valence-electron chi connectivity index (χ1n) is 20.6. The molecule has 0 aliphatic heterocycles. The average molecular weight is 1060 g/mol. The van der Waals surface area contributed by atoms with Crippen molar-refractivity contribution in [2.45, 2.75) is 91.0 Å². The predicted molar refractivity (Wildman–Crippen MR) is 259 cm³/mol. The molecule has 0 saturated heterocycles. The van der Waals surface area contributed by atoms with E-state index in [1.54, 1.807) is 47.6 Å². The molecule has 0 fully saturated rings. The van der Waals surface area contributed by atoms with Crippen molar-refractivity contribution < 1.29 is 83.9 Å². The van der Waals surface area contributed by atoms with Gasteiger partial charge in [-0.25, -0.2) is 32.7 Å². The number of hydrogen-bond acceptors (Lipinski definition) is 17. The predicted octanol–water partition coefficient (Wildman–Crippen LogP) is 9.76. The fourth-order valence-corrected chi connectivity index (χ4v) is 7.31. The molecular weight excluding hydrogens is 992 g/mol. The zero-order chi connectivity index (χ0) is 52.8. The van der Waals surface area contributed by atoms with Gasteiger partial charge in [-0.2, -0.15) is 0 Å². The maximum atomic E-state index is 13.7. The van der Waals surface area contributed by atoms with Crippen LogP contribution in [0.1, 0.15) is 63.8 Å². The van der Waals surface area contributed by atoms with Crippen LogP contribution < -0.4 is 19.7 Å². The molecule has 2 atom stereocenters. The highest BCUT2D eigenvalue weighted by Crippen LogP contribution is 2.51. The number of esters is 2. The van der Waals surface area contributed by atoms with E-state index in [9.17, 15) is 37.8 Å². The molecule has 2 aromatic rings. The number of carbonyl (C=O) groups excluding carboxylic acids is 4. The summed E-state index contributed by atoms with van der Waals surface area (Å²) in [6.07, 6.45) is 3.92. The van der Waals surface area contributed by atoms with Crippen LogP contribution in [0, 0.1) is 0 Å². The Morgan fingerprint density at radius 3 is 1.25 bits per heavy atom. The normalized spacial score (nSPS) is 12.1. The van der Waals surface area contributed by atoms with E-state index < -0.39 is 76.3 Å². The van der Waals surface area contributed by atoms with Crippen molar-refractivity contribution in [3.63, 3.8) is 0 Å². The summed E-state index contributed by atoms with van der Waals surface area (Å²) >= 11 is 9.53. The standard InChI is InChI=1S/C22H31FNO8P.C22H32NO9P.CH2Cl2/c1-7-11-29-33(27,30-12-8-2)32-19-10-9-16(13-17(19)15-23)14-18(20(25)28-6)24-21(26)31-22(3,4)5;1-7-11-29-33(27,30-12-8-2)32-19-10-9-16(13-17(19)15-24)14-18(20(25)28-6)23-21(26)31-22(3,4)5;2-1-3/h7-10,13,18H,1-2,11-12,14-15H2,3-6H3,(H,24,26);7-10,13,18,24H,1-2,11-12,14-15H2,3-6H3,(H,23,26);1H2. The summed E-state index contributed by atoms with van der Waals surface area (Å²) in [4.78, 5) is 48.5. The Morgan fingerprint density at radius 1 is 0.652 bits per heavy atom. The Balaban J connectivity index is 0.00000127. The fraction of sp³-hybridized carbons (Fsp3) is 0.467. The number of phosphoric ester groups is 2. The largest absolute Gasteiger partial charge is 0.530 e. The smallest absolute Gasteiger partial charge is 0.467 e. The summed E-state index contributed by atoms with van der Waals surface area (Å²) in [5.74, 6) is -1.38. The Kier molecular flexibility index (Phi) is 30.7. The molecule has 388 valence electrons. The second kappa shape index (κ2) is 32.9. The van der Waals surface area contributed by atoms with Crippen LogP contribution in [-0.4, -0.2) is 98.5 Å². The molecule has 0 spiro atoms. The molecule has 0 heterocycles. The highest BCUT2D eigenvalue weighted by molar-refractivity contribution is 7.49. The minimum absolute atomic E-state index is 0.0171. The topological polar surface area (TPSA) is 239 Å². The fourth-order valence-electron chi connectivity index (χ4n) is 4.96. The van der Waals surface area contributed by atoms with Gasteiger partial charge in [-0.1, -0.05) is 36.4 Å². The first kappa shape index (κ1) is 64.2. The first-order chi connectivity index (χ1) is 32.3. The third-order valence-corrected chi connectivity index (χ3v) is 10.3. The van der Waals surface area contributed by atoms with E-state index in [0.717, 1.165) is 0 Å². The quantitative estimate of drug-likeness (QED) is 0.0261. The summed E-state index contributed by atoms with van der Waals surface area (Å²) in [6, 6.07) is 6.74. The number of ether oxygens (including phenoxy) is 4. The number of rotatable bonds is 26. The van der Waals surface area contributed by atoms with E-state index in [0.29, 0.717) is 11.1 Å². The molecule has 0 saturated carbocycles. The third-order valence-electron chi connectivity index (χ3n) is 7.62. The van der Waals surface area contributed by atoms with Gasteiger partial charge in [0.05, 0.1) is 52.6 Å². The van der Waals surface area contributed by atoms with Gasteiger partial charge in [0.2, 0.25) is 0 Å². The molecule has 2 amide bonds. The van der Waals surface area contributed by atoms with Crippen LogP contribution in [0.25, 0.3) is 0 Å². The number of nitrogens with one attached hydrogen (secondary N) is 2. The van der Waals surface area contributed by atoms with Crippen LogP contribution >= 0.6 is 38.8 Å². The number of halogens is 3. The van der Waals surface area contributed by atoms with Gasteiger partial charge in [-0.3, -0.25) is 18.1 Å². The first-order valence-corrected chi connectivity index (χ1v) is 24.6. The molecule has 2 aromatic carbocycles. The third kappa shape index (κ3) is 27.3. The second-order valence-electron chi connectivity index (χ2n) is 15.5. The summed E-state index contributed by atoms with van der Waals surface area (Å²) in [5.41, 5.74) is -0.165. The van der Waals surface area contributed by atoms with Crippen LogP contribution in [0.3, 0.4) is 0 Å². The number of hydrogen-bond donors (Lipinski definition) is 3. The molecule has 0 aliphatic rings. The van der Waals surface area contributed by atoms with Gasteiger partial charge >= 0.3 is 39.8 Å². The monoisotopic (exact) mass is 1060 g/mol. The van der Waals surface area contributed by atoms with Gasteiger partial charge in [-0.05, 0) is 76.9 Å². The van der Waals surface area contributed by atoms with Crippen molar-refractivity contribution in [2.24, 2.45) is 0 Å². The number of carbonyl (C=O) groups is 4. The van der Waals surface area contributed by atoms with E-state index in [1.807, 2.05) is 0 Å². The summed E-state index contributed by atoms with van der Waals surface area (Å²) in [7, 11) is -5.71. The number of alkyl carbamates (subject to hydrolysis) is 2. The van der Waals surface area contributed by atoms with E-state index in [-0.39, 0.29) is 67.2 Å². The Bertz CT molecular complexity index is 1910. The molecular formula is C45H65Cl2FN2O17P2. The molecule has 2 unspecified atom stereocenters. The molecule has 0 aromatic heterocycles. The molecule has 19 nitrogen and oxygen atoms in total. The van der Waals surface area contributed by atoms with Crippen molar-refractivity contribution in [2.75, 3.05) is 46.0 Å². The highest BCUT2D eigenvalue weighted by Gasteiger charge is 2.32. The SMILES string of the molecule is C=CCOP(=O)(OCC=C)Oc1ccc(CC(NC(=O)OC(C)(C)C)C(=O)OC)cc1CF.C=CCOP(=O)(OCC=C)Oc1ccc(CC(NC(=O)OC(C)(C)C)C(=O)OC)cc1CO.ClCCl. The zero-order valence-corrected chi connectivity index (χ0v) is 43.4. The highest BCUT2D eigenvalue weighted by atomic mass is 35.5. The van der Waals surface area contributed by atoms with Crippen LogP contribution in [0.4, 0.5) is 14.0 Å². The number of phosphoric acid groups is 2. The van der Waals surface area contributed by atoms with Gasteiger partial charge in [0.25, 0.3) is 0 Å². The maximum Gasteiger partial charge on any atom is 0.530 e. The van der Waals surface area contributed by atoms with E-state index in [2.05, 4.69) is 36.9 Å². The van der Waals surface area contributed by atoms with E-state index >= 15 is 0 Å². The maximum absolute atomic E-state index is 13.7. The molecule has 24 heteroatoms. The van der Waals surface area contributed by atoms with Gasteiger partial charge in [0.15, 0.2) is 0 Å². The molecule has 2 rings (SSSR count). The lowest BCUT2D eigenvalue weighted by molar-refractivity contribution is -0.143. The summed E-state index contributed by atoms with van der Waals surface area (Å²) in [6.45, 7) is 22.2. The average Bonchev–Trinajstić information content (AvgIpc) is 3.28. The molecule has 0 bridgehead atoms. The zero-order valence-electron chi connectivity index (χ0n) is 40.1. The van der Waals surface area contributed by atoms with Crippen LogP contribution in [0.5, 0.6) is 11.5 Å². The van der Waals surface area contributed by atoms with Gasteiger partial charge in [-0.15, -0.1) is 49.5 Å². The van der Waals surface area contributed by atoms with Crippen molar-refractivity contribution in [3.8, 4) is 11.5 Å². The lowest BCUT2D eigenvalue weighted by Crippen LogP contribution is -2.45. The number of alkyl halides is 3. The Labute approximate surface area is 413 Å². The van der Waals surface area contributed by atoms with Crippen LogP contribution in [0.2, 0.25) is 0 Å². The number of benzene rings is 2. The number of methoxy groups -OCH3 is 2. The lowest BCUT2D eigenvalue weighted by atomic mass is 10.0. The summed E-state index contributed by atoms with van der Waals surface area (Å²) < 4.78 is 90.6. The molecule has 69 heavy (non-hydrogen) atoms. The van der Waals surface area contributed by atoms with Gasteiger partial charge in [0.1, 0.15) is 41.5 Å². The lowest BCUT2D eigenvalue weighted by Gasteiger charge is -2.23. The Hall–Kier alpha value is -4.75. The van der Waals surface area contributed by atoms with E-state index in [1.165, 1.54) is 68.9 Å². The Morgan fingerprint density at radius 2 is 0.971 bits per heavy atom. The van der Waals surface area contributed by atoms with Gasteiger partial charge < -0.3 is 43.7 Å². The number of aliphatic hydroxyl groups excluding tert-OH is 1. The van der Waals surface area contributed by atoms with Crippen molar-refractivity contribution in [1.29, 1.82) is 0 Å². The number of amides is 2. The van der Waals surface area contributed by atoms with E-state index in [4.69, 9.17) is 69.3 Å². The minimum Gasteiger partial charge on any atom is -0.467 e. The van der Waals surface area contributed by atoms with Gasteiger partial charge in [0, 0.05) is 24.0 Å². The van der Waals surface area contributed by atoms with Crippen molar-refractivity contribution >= 4 is 63.0 Å². The van der Waals surface area contributed by atoms with Crippen LogP contribution in [0.15, 0.2) is 87.0 Å². The van der Waals surface area contributed by atoms with Crippen molar-refractivity contribution in [1.82, 2.24) is 10.6 Å².